The van der Waals surface area contributed by atoms with Crippen LogP contribution in [0.3, 0.4) is 0 Å². The molecule has 7 nitrogen and oxygen atoms in total. The first kappa shape index (κ1) is 20.5. The Morgan fingerprint density at radius 3 is 2.69 bits per heavy atom. The minimum absolute atomic E-state index is 0.0445. The molecule has 5 rings (SSSR count). The molecule has 3 aliphatic rings. The summed E-state index contributed by atoms with van der Waals surface area (Å²) in [5.41, 5.74) is 5.21. The molecule has 0 spiro atoms. The van der Waals surface area contributed by atoms with Gasteiger partial charge in [0.05, 0.1) is 5.92 Å². The summed E-state index contributed by atoms with van der Waals surface area (Å²) in [5.74, 6) is 0.210. The van der Waals surface area contributed by atoms with Crippen LogP contribution < -0.4 is 0 Å². The molecule has 29 heavy (non-hydrogen) atoms. The van der Waals surface area contributed by atoms with Gasteiger partial charge in [0.15, 0.2) is 0 Å². The summed E-state index contributed by atoms with van der Waals surface area (Å²) >= 11 is 0. The first-order valence-corrected chi connectivity index (χ1v) is 11.6. The number of hydrogen-bond acceptors (Lipinski definition) is 5. The lowest BCUT2D eigenvalue weighted by molar-refractivity contribution is -0.134. The van der Waals surface area contributed by atoms with Gasteiger partial charge < -0.3 is 14.0 Å². The molecule has 2 atom stereocenters. The van der Waals surface area contributed by atoms with E-state index in [1.54, 1.807) is 0 Å². The van der Waals surface area contributed by atoms with Crippen LogP contribution in [-0.4, -0.2) is 73.4 Å². The molecule has 9 heteroatoms. The van der Waals surface area contributed by atoms with Gasteiger partial charge in [0.1, 0.15) is 0 Å². The number of likely N-dealkylation sites (N-methyl/N-ethyl adjacent to an activating group) is 1. The lowest BCUT2D eigenvalue weighted by Gasteiger charge is -2.40. The van der Waals surface area contributed by atoms with E-state index in [1.165, 1.54) is 27.6 Å². The zero-order chi connectivity index (χ0) is 20.4. The number of amides is 1. The fourth-order valence-corrected chi connectivity index (χ4v) is 5.14. The predicted molar refractivity (Wildman–Crippen MR) is 113 cm³/mol. The largest absolute Gasteiger partial charge is 0.461 e. The van der Waals surface area contributed by atoms with Crippen LogP contribution in [0.2, 0.25) is 0 Å². The van der Waals surface area contributed by atoms with Gasteiger partial charge in [-0.1, -0.05) is 18.2 Å². The van der Waals surface area contributed by atoms with Gasteiger partial charge >= 0.3 is 20.0 Å². The van der Waals surface area contributed by atoms with Crippen molar-refractivity contribution in [3.8, 4) is 0 Å². The average Bonchev–Trinajstić information content (AvgIpc) is 3.44. The van der Waals surface area contributed by atoms with E-state index in [1.807, 2.05) is 4.90 Å². The third kappa shape index (κ3) is 3.98. The van der Waals surface area contributed by atoms with E-state index in [9.17, 15) is 4.79 Å². The maximum absolute atomic E-state index is 12.9. The summed E-state index contributed by atoms with van der Waals surface area (Å²) in [6, 6.07) is 6.82. The van der Waals surface area contributed by atoms with Crippen molar-refractivity contribution in [3.63, 3.8) is 0 Å². The maximum Gasteiger partial charge on any atom is 0.461 e. The quantitative estimate of drug-likeness (QED) is 0.599. The van der Waals surface area contributed by atoms with Crippen LogP contribution in [0.15, 0.2) is 30.5 Å². The number of H-pyrrole nitrogens is 1. The molecule has 2 aromatic rings. The highest BCUT2D eigenvalue weighted by Gasteiger charge is 2.36. The van der Waals surface area contributed by atoms with E-state index in [0.717, 1.165) is 26.1 Å². The Hall–Kier alpha value is -1.76. The Balaban J connectivity index is 0.000000359. The van der Waals surface area contributed by atoms with Gasteiger partial charge in [-0.25, -0.2) is 0 Å². The molecule has 1 fully saturated rings. The molecule has 0 unspecified atom stereocenters. The molecule has 1 N–H and O–H groups in total. The zero-order valence-corrected chi connectivity index (χ0v) is 18.9. The highest BCUT2D eigenvalue weighted by Crippen LogP contribution is 2.40. The molecule has 0 bridgehead atoms. The van der Waals surface area contributed by atoms with Crippen LogP contribution in [0.25, 0.3) is 16.5 Å². The lowest BCUT2D eigenvalue weighted by atomic mass is 9.79. The molecule has 1 aromatic carbocycles. The van der Waals surface area contributed by atoms with Gasteiger partial charge in [-0.15, -0.1) is 0 Å². The molecule has 1 aromatic heterocycles. The Bertz CT molecular complexity index is 901. The fourth-order valence-electron chi connectivity index (χ4n) is 4.46. The van der Waals surface area contributed by atoms with Crippen molar-refractivity contribution < 1.29 is 18.1 Å². The van der Waals surface area contributed by atoms with Gasteiger partial charge in [-0.3, -0.25) is 18.8 Å². The molecule has 3 heterocycles. The Morgan fingerprint density at radius 2 is 2.03 bits per heavy atom. The predicted octanol–water partition coefficient (Wildman–Crippen LogP) is 1.94. The van der Waals surface area contributed by atoms with Crippen LogP contribution in [-0.2, 0) is 24.5 Å². The third-order valence-corrected chi connectivity index (χ3v) is 6.99. The van der Waals surface area contributed by atoms with E-state index in [2.05, 4.69) is 74.5 Å². The molecule has 152 valence electrons. The Labute approximate surface area is 176 Å². The van der Waals surface area contributed by atoms with E-state index in [4.69, 9.17) is 0 Å². The molecule has 1 aliphatic carbocycles. The van der Waals surface area contributed by atoms with E-state index >= 15 is 0 Å². The van der Waals surface area contributed by atoms with Crippen molar-refractivity contribution in [2.45, 2.75) is 26.3 Å². The van der Waals surface area contributed by atoms with Gasteiger partial charge in [0, 0.05) is 42.8 Å². The van der Waals surface area contributed by atoms with Gasteiger partial charge in [-0.2, -0.15) is 0 Å². The van der Waals surface area contributed by atoms with Gasteiger partial charge in [0.25, 0.3) is 0 Å². The van der Waals surface area contributed by atoms with Crippen molar-refractivity contribution in [1.29, 1.82) is 0 Å². The van der Waals surface area contributed by atoms with E-state index in [-0.39, 0.29) is 31.8 Å². The highest BCUT2D eigenvalue weighted by molar-refractivity contribution is 6.37. The molecule has 2 aliphatic heterocycles. The number of nitrogens with zero attached hydrogens (tertiary/aromatic N) is 2. The van der Waals surface area contributed by atoms with Gasteiger partial charge in [0.2, 0.25) is 5.91 Å². The van der Waals surface area contributed by atoms with Crippen LogP contribution in [0.5, 0.6) is 0 Å². The first-order chi connectivity index (χ1) is 14.1. The average molecular weight is 428 g/mol. The normalized spacial score (nSPS) is 23.2. The van der Waals surface area contributed by atoms with Crippen molar-refractivity contribution in [1.82, 2.24) is 14.8 Å². The third-order valence-electron chi connectivity index (χ3n) is 5.85. The standard InChI is InChI=1S/C20H25N3O.O3Si2/c1-4-23(5-2)20(24)14-9-16-15-7-6-8-17-19(15)13(11-21-17)10-18(16)22(3)12-14;1-2-5-3-4-1/h6-9,11,14,18,21H,4-5,10,12H2,1-3H3;/t14-,18-;/m1./s1. The maximum atomic E-state index is 12.9. The number of rotatable bonds is 3. The van der Waals surface area contributed by atoms with Crippen LogP contribution in [0, 0.1) is 5.92 Å². The smallest absolute Gasteiger partial charge is 0.408 e. The second-order valence-electron chi connectivity index (χ2n) is 7.38. The highest BCUT2D eigenvalue weighted by atomic mass is 28.3. The lowest BCUT2D eigenvalue weighted by Crippen LogP contribution is -2.47. The number of nitrogens with one attached hydrogen (secondary N) is 1. The number of benzene rings is 1. The fraction of sp³-hybridized carbons (Fsp3) is 0.450. The van der Waals surface area contributed by atoms with Crippen molar-refractivity contribution in [3.05, 3.63) is 41.6 Å². The van der Waals surface area contributed by atoms with Crippen LogP contribution >= 0.6 is 0 Å². The molecule has 0 saturated carbocycles. The number of aromatic nitrogens is 1. The summed E-state index contributed by atoms with van der Waals surface area (Å²) in [4.78, 5) is 20.6. The molecule has 4 radical (unpaired) electrons. The van der Waals surface area contributed by atoms with Gasteiger partial charge in [-0.05, 0) is 50.1 Å². The first-order valence-electron chi connectivity index (χ1n) is 9.92. The molecular formula is C20H25N3O4Si2. The van der Waals surface area contributed by atoms with Crippen LogP contribution in [0.1, 0.15) is 25.0 Å². The summed E-state index contributed by atoms with van der Waals surface area (Å²) in [6.07, 6.45) is 5.41. The number of hydrogen-bond donors (Lipinski definition) is 1. The molecular weight excluding hydrogens is 402 g/mol. The second-order valence-corrected chi connectivity index (χ2v) is 8.86. The SMILES string of the molecule is CCN(CC)C(=O)[C@@H]1C=C2c3cccc4[nH]cc(c34)C[C@H]2N(C)C1.O1O[Si]O[Si]1. The monoisotopic (exact) mass is 427 g/mol. The second kappa shape index (κ2) is 8.94. The molecule has 1 saturated heterocycles. The summed E-state index contributed by atoms with van der Waals surface area (Å²) in [5, 5.41) is 1.34. The van der Waals surface area contributed by atoms with Crippen molar-refractivity contribution in [2.24, 2.45) is 5.92 Å². The number of aromatic amines is 1. The minimum Gasteiger partial charge on any atom is -0.408 e. The van der Waals surface area contributed by atoms with E-state index in [0.29, 0.717) is 6.04 Å². The summed E-state index contributed by atoms with van der Waals surface area (Å²) in [6.45, 7) is 6.47. The number of fused-ring (bicyclic) bond motifs is 2. The van der Waals surface area contributed by atoms with Crippen LogP contribution in [0.4, 0.5) is 0 Å². The Kier molecular flexibility index (Phi) is 6.33. The summed E-state index contributed by atoms with van der Waals surface area (Å²) in [7, 11) is 2.35. The molecule has 1 amide bonds. The Morgan fingerprint density at radius 1 is 1.28 bits per heavy atom. The minimum atomic E-state index is -0.0445. The topological polar surface area (TPSA) is 67.0 Å². The number of carbonyl (C=O) groups excluding carboxylic acids is 1. The van der Waals surface area contributed by atoms with E-state index < -0.39 is 0 Å². The van der Waals surface area contributed by atoms with Crippen molar-refractivity contribution >= 4 is 42.4 Å². The number of carbonyl (C=O) groups is 1. The zero-order valence-electron chi connectivity index (χ0n) is 16.9. The van der Waals surface area contributed by atoms with Crippen molar-refractivity contribution in [2.75, 3.05) is 26.7 Å². The summed E-state index contributed by atoms with van der Waals surface area (Å²) < 4.78 is 13.1.